The number of carbonyl (C=O) groups excluding carboxylic acids is 2. The number of aryl methyl sites for hydroxylation is 1. The Morgan fingerprint density at radius 3 is 2.71 bits per heavy atom. The number of nitrogens with one attached hydrogen (secondary N) is 1. The van der Waals surface area contributed by atoms with E-state index in [-0.39, 0.29) is 24.0 Å². The Morgan fingerprint density at radius 2 is 2.00 bits per heavy atom. The summed E-state index contributed by atoms with van der Waals surface area (Å²) < 4.78 is 6.05. The SMILES string of the molecule is CC[C@H]1CN(C(=O)N2CCC(C(=O)NCc3ccccn3)CC2)c2cc(C)ccc2O1. The molecule has 164 valence electrons. The maximum Gasteiger partial charge on any atom is 0.324 e. The van der Waals surface area contributed by atoms with Crippen LogP contribution in [0.4, 0.5) is 10.5 Å². The van der Waals surface area contributed by atoms with Crippen LogP contribution in [-0.4, -0.2) is 47.6 Å². The highest BCUT2D eigenvalue weighted by Gasteiger charge is 2.34. The summed E-state index contributed by atoms with van der Waals surface area (Å²) in [5.41, 5.74) is 2.78. The fourth-order valence-electron chi connectivity index (χ4n) is 4.18. The van der Waals surface area contributed by atoms with Gasteiger partial charge in [0.05, 0.1) is 24.5 Å². The van der Waals surface area contributed by atoms with Crippen molar-refractivity contribution in [2.75, 3.05) is 24.5 Å². The Morgan fingerprint density at radius 1 is 1.19 bits per heavy atom. The lowest BCUT2D eigenvalue weighted by Gasteiger charge is -2.39. The number of piperidine rings is 1. The molecule has 1 N–H and O–H groups in total. The summed E-state index contributed by atoms with van der Waals surface area (Å²) in [6.45, 7) is 6.23. The van der Waals surface area contributed by atoms with E-state index in [4.69, 9.17) is 4.74 Å². The van der Waals surface area contributed by atoms with Crippen LogP contribution in [0, 0.1) is 12.8 Å². The third-order valence-electron chi connectivity index (χ3n) is 6.08. The van der Waals surface area contributed by atoms with Gasteiger partial charge in [-0.25, -0.2) is 4.79 Å². The molecule has 2 aliphatic rings. The fraction of sp³-hybridized carbons (Fsp3) is 0.458. The highest BCUT2D eigenvalue weighted by atomic mass is 16.5. The molecule has 0 aliphatic carbocycles. The summed E-state index contributed by atoms with van der Waals surface area (Å²) >= 11 is 0. The molecule has 0 unspecified atom stereocenters. The highest BCUT2D eigenvalue weighted by molar-refractivity contribution is 5.94. The van der Waals surface area contributed by atoms with E-state index in [1.54, 1.807) is 6.20 Å². The molecular weight excluding hydrogens is 392 g/mol. The third kappa shape index (κ3) is 4.81. The van der Waals surface area contributed by atoms with Crippen LogP contribution in [0.25, 0.3) is 0 Å². The molecule has 31 heavy (non-hydrogen) atoms. The zero-order valence-corrected chi connectivity index (χ0v) is 18.2. The number of carbonyl (C=O) groups is 2. The number of benzene rings is 1. The van der Waals surface area contributed by atoms with Crippen LogP contribution < -0.4 is 15.0 Å². The van der Waals surface area contributed by atoms with Gasteiger partial charge in [-0.1, -0.05) is 19.1 Å². The van der Waals surface area contributed by atoms with Crippen LogP contribution in [0.15, 0.2) is 42.6 Å². The number of ether oxygens (including phenoxy) is 1. The standard InChI is InChI=1S/C24H30N4O3/c1-3-20-16-28(21-14-17(2)7-8-22(21)31-20)24(30)27-12-9-18(10-13-27)23(29)26-15-19-6-4-5-11-25-19/h4-8,11,14,18,20H,3,9-10,12-13,15-16H2,1-2H3,(H,26,29)/t20-/m0/s1. The van der Waals surface area contributed by atoms with Crippen molar-refractivity contribution in [1.82, 2.24) is 15.2 Å². The van der Waals surface area contributed by atoms with Gasteiger partial charge in [-0.2, -0.15) is 0 Å². The van der Waals surface area contributed by atoms with Gasteiger partial charge < -0.3 is 15.0 Å². The summed E-state index contributed by atoms with van der Waals surface area (Å²) in [6, 6.07) is 11.6. The number of hydrogen-bond donors (Lipinski definition) is 1. The number of rotatable bonds is 4. The monoisotopic (exact) mass is 422 g/mol. The predicted octanol–water partition coefficient (Wildman–Crippen LogP) is 3.52. The second kappa shape index (κ2) is 9.37. The molecule has 4 rings (SSSR count). The van der Waals surface area contributed by atoms with E-state index in [1.165, 1.54) is 0 Å². The van der Waals surface area contributed by atoms with Crippen molar-refractivity contribution in [3.63, 3.8) is 0 Å². The molecule has 0 saturated carbocycles. The lowest BCUT2D eigenvalue weighted by atomic mass is 9.96. The molecule has 1 atom stereocenters. The van der Waals surface area contributed by atoms with Crippen molar-refractivity contribution in [2.24, 2.45) is 5.92 Å². The maximum atomic E-state index is 13.4. The first-order valence-corrected chi connectivity index (χ1v) is 11.1. The van der Waals surface area contributed by atoms with E-state index in [2.05, 4.69) is 17.2 Å². The highest BCUT2D eigenvalue weighted by Crippen LogP contribution is 2.36. The predicted molar refractivity (Wildman–Crippen MR) is 119 cm³/mol. The number of amides is 3. The second-order valence-corrected chi connectivity index (χ2v) is 8.31. The lowest BCUT2D eigenvalue weighted by molar-refractivity contribution is -0.126. The Balaban J connectivity index is 1.36. The summed E-state index contributed by atoms with van der Waals surface area (Å²) in [6.07, 6.45) is 3.90. The number of urea groups is 1. The van der Waals surface area contributed by atoms with Gasteiger partial charge in [0.25, 0.3) is 0 Å². The average molecular weight is 423 g/mol. The van der Waals surface area contributed by atoms with Crippen LogP contribution in [-0.2, 0) is 11.3 Å². The summed E-state index contributed by atoms with van der Waals surface area (Å²) in [5, 5.41) is 2.98. The van der Waals surface area contributed by atoms with Crippen molar-refractivity contribution in [1.29, 1.82) is 0 Å². The first kappa shape index (κ1) is 21.2. The van der Waals surface area contributed by atoms with Gasteiger partial charge in [0.15, 0.2) is 0 Å². The van der Waals surface area contributed by atoms with E-state index in [0.29, 0.717) is 39.0 Å². The van der Waals surface area contributed by atoms with Crippen molar-refractivity contribution in [3.8, 4) is 5.75 Å². The van der Waals surface area contributed by atoms with Crippen LogP contribution in [0.1, 0.15) is 37.4 Å². The van der Waals surface area contributed by atoms with Gasteiger partial charge >= 0.3 is 6.03 Å². The molecule has 2 aromatic rings. The Bertz CT molecular complexity index is 926. The molecule has 1 saturated heterocycles. The van der Waals surface area contributed by atoms with Crippen LogP contribution in [0.5, 0.6) is 5.75 Å². The zero-order chi connectivity index (χ0) is 21.8. The van der Waals surface area contributed by atoms with Gasteiger partial charge in [0, 0.05) is 25.2 Å². The van der Waals surface area contributed by atoms with Gasteiger partial charge in [0.2, 0.25) is 5.91 Å². The van der Waals surface area contributed by atoms with Crippen molar-refractivity contribution < 1.29 is 14.3 Å². The molecule has 0 spiro atoms. The number of hydrogen-bond acceptors (Lipinski definition) is 4. The first-order valence-electron chi connectivity index (χ1n) is 11.1. The molecule has 0 radical (unpaired) electrons. The van der Waals surface area contributed by atoms with Crippen molar-refractivity contribution in [2.45, 2.75) is 45.8 Å². The third-order valence-corrected chi connectivity index (χ3v) is 6.08. The van der Waals surface area contributed by atoms with E-state index in [0.717, 1.165) is 29.1 Å². The molecular formula is C24H30N4O3. The molecule has 1 fully saturated rings. The first-order chi connectivity index (χ1) is 15.0. The molecule has 7 heteroatoms. The van der Waals surface area contributed by atoms with Crippen LogP contribution in [0.2, 0.25) is 0 Å². The van der Waals surface area contributed by atoms with Crippen molar-refractivity contribution >= 4 is 17.6 Å². The normalized spacial score (nSPS) is 18.8. The summed E-state index contributed by atoms with van der Waals surface area (Å²) in [5.74, 6) is 0.729. The number of fused-ring (bicyclic) bond motifs is 1. The minimum Gasteiger partial charge on any atom is -0.486 e. The molecule has 3 amide bonds. The van der Waals surface area contributed by atoms with E-state index < -0.39 is 0 Å². The molecule has 7 nitrogen and oxygen atoms in total. The van der Waals surface area contributed by atoms with E-state index >= 15 is 0 Å². The quantitative estimate of drug-likeness (QED) is 0.818. The molecule has 2 aliphatic heterocycles. The van der Waals surface area contributed by atoms with Crippen LogP contribution in [0.3, 0.4) is 0 Å². The minimum atomic E-state index is -0.0737. The van der Waals surface area contributed by atoms with Gasteiger partial charge in [-0.05, 0) is 56.0 Å². The van der Waals surface area contributed by atoms with E-state index in [9.17, 15) is 9.59 Å². The van der Waals surface area contributed by atoms with Crippen LogP contribution >= 0.6 is 0 Å². The topological polar surface area (TPSA) is 74.8 Å². The average Bonchev–Trinajstić information content (AvgIpc) is 2.82. The number of aromatic nitrogens is 1. The Labute approximate surface area is 183 Å². The van der Waals surface area contributed by atoms with E-state index in [1.807, 2.05) is 53.1 Å². The summed E-state index contributed by atoms with van der Waals surface area (Å²) in [4.78, 5) is 33.9. The number of nitrogens with zero attached hydrogens (tertiary/aromatic N) is 3. The number of anilines is 1. The number of likely N-dealkylation sites (tertiary alicyclic amines) is 1. The molecule has 0 bridgehead atoms. The molecule has 3 heterocycles. The largest absolute Gasteiger partial charge is 0.486 e. The summed E-state index contributed by atoms with van der Waals surface area (Å²) in [7, 11) is 0. The smallest absolute Gasteiger partial charge is 0.324 e. The Kier molecular flexibility index (Phi) is 6.39. The second-order valence-electron chi connectivity index (χ2n) is 8.31. The van der Waals surface area contributed by atoms with Gasteiger partial charge in [-0.3, -0.25) is 14.7 Å². The minimum absolute atomic E-state index is 0.000874. The van der Waals surface area contributed by atoms with Crippen molar-refractivity contribution in [3.05, 3.63) is 53.9 Å². The molecule has 1 aromatic carbocycles. The molecule has 1 aromatic heterocycles. The lowest BCUT2D eigenvalue weighted by Crippen LogP contribution is -2.52. The number of pyridine rings is 1. The van der Waals surface area contributed by atoms with Gasteiger partial charge in [0.1, 0.15) is 11.9 Å². The zero-order valence-electron chi connectivity index (χ0n) is 18.2. The van der Waals surface area contributed by atoms with Gasteiger partial charge in [-0.15, -0.1) is 0 Å². The maximum absolute atomic E-state index is 13.4. The fourth-order valence-corrected chi connectivity index (χ4v) is 4.18. The Hall–Kier alpha value is -3.09.